The zero-order chi connectivity index (χ0) is 20.2. The van der Waals surface area contributed by atoms with Crippen LogP contribution < -0.4 is 15.5 Å². The van der Waals surface area contributed by atoms with Gasteiger partial charge >= 0.3 is 6.03 Å². The van der Waals surface area contributed by atoms with Gasteiger partial charge < -0.3 is 15.5 Å². The van der Waals surface area contributed by atoms with Gasteiger partial charge in [0.05, 0.1) is 12.1 Å². The normalized spacial score (nSPS) is 26.2. The predicted molar refractivity (Wildman–Crippen MR) is 118 cm³/mol. The molecule has 4 atom stereocenters. The summed E-state index contributed by atoms with van der Waals surface area (Å²) < 4.78 is 0. The smallest absolute Gasteiger partial charge is 0.319 e. The number of hydrogen-bond acceptors (Lipinski definition) is 1. The van der Waals surface area contributed by atoms with E-state index in [4.69, 9.17) is 0 Å². The molecular weight excluding hydrogens is 358 g/mol. The molecule has 4 nitrogen and oxygen atoms in total. The molecule has 0 aromatic heterocycles. The van der Waals surface area contributed by atoms with Crippen molar-refractivity contribution in [2.45, 2.75) is 76.5 Å². The molecule has 0 radical (unpaired) electrons. The Hall–Kier alpha value is -2.33. The minimum Gasteiger partial charge on any atom is -0.335 e. The molecule has 2 aromatic rings. The molecule has 2 amide bonds. The number of carbonyl (C=O) groups is 1. The van der Waals surface area contributed by atoms with Crippen molar-refractivity contribution < 1.29 is 9.69 Å². The Morgan fingerprint density at radius 3 is 2.28 bits per heavy atom. The molecule has 4 heteroatoms. The summed E-state index contributed by atoms with van der Waals surface area (Å²) in [4.78, 5) is 14.3. The average Bonchev–Trinajstić information content (AvgIpc) is 2.69. The standard InChI is InChI=1S/C25H33N3O/c1-18(2)20-11-13-21(14-12-20)26-25(29)27-22-15-23-9-6-10-24(16-22)28(23)17-19-7-4-3-5-8-19/h3-5,7-8,11-14,18,22-24H,6,9-10,15-17H2,1-2H3,(H2,26,27,29)/p+1/t22?,23-,24+. The van der Waals surface area contributed by atoms with Gasteiger partial charge in [0, 0.05) is 30.1 Å². The highest BCUT2D eigenvalue weighted by Gasteiger charge is 2.42. The average molecular weight is 393 g/mol. The summed E-state index contributed by atoms with van der Waals surface area (Å²) in [7, 11) is 0. The van der Waals surface area contributed by atoms with Gasteiger partial charge in [0.1, 0.15) is 6.54 Å². The van der Waals surface area contributed by atoms with Crippen molar-refractivity contribution in [3.63, 3.8) is 0 Å². The van der Waals surface area contributed by atoms with Crippen molar-refractivity contribution >= 4 is 11.7 Å². The van der Waals surface area contributed by atoms with Gasteiger partial charge in [0.25, 0.3) is 0 Å². The van der Waals surface area contributed by atoms with E-state index in [-0.39, 0.29) is 12.1 Å². The number of amides is 2. The number of carbonyl (C=O) groups excluding carboxylic acids is 1. The lowest BCUT2D eigenvalue weighted by Crippen LogP contribution is -3.20. The molecular formula is C25H34N3O+. The van der Waals surface area contributed by atoms with E-state index in [2.05, 4.69) is 66.9 Å². The van der Waals surface area contributed by atoms with E-state index in [1.165, 1.54) is 30.4 Å². The summed E-state index contributed by atoms with van der Waals surface area (Å²) in [6.45, 7) is 5.47. The minimum absolute atomic E-state index is 0.0723. The third-order valence-electron chi connectivity index (χ3n) is 6.71. The second kappa shape index (κ2) is 9.00. The van der Waals surface area contributed by atoms with Crippen LogP contribution >= 0.6 is 0 Å². The second-order valence-electron chi connectivity index (χ2n) is 9.11. The first-order chi connectivity index (χ1) is 14.1. The van der Waals surface area contributed by atoms with Gasteiger partial charge in [-0.15, -0.1) is 0 Å². The lowest BCUT2D eigenvalue weighted by molar-refractivity contribution is -0.973. The number of piperidine rings is 2. The molecule has 2 saturated heterocycles. The number of rotatable bonds is 5. The molecule has 2 aliphatic heterocycles. The summed E-state index contributed by atoms with van der Waals surface area (Å²) in [6, 6.07) is 20.5. The molecule has 29 heavy (non-hydrogen) atoms. The molecule has 2 unspecified atom stereocenters. The fraction of sp³-hybridized carbons (Fsp3) is 0.480. The number of quaternary nitrogens is 1. The lowest BCUT2D eigenvalue weighted by Gasteiger charge is -2.46. The SMILES string of the molecule is CC(C)c1ccc(NC(=O)NC2C[C@H]3CCC[C@@H](C2)[NH+]3Cc2ccccc2)cc1. The Labute approximate surface area is 174 Å². The summed E-state index contributed by atoms with van der Waals surface area (Å²) >= 11 is 0. The first-order valence-electron chi connectivity index (χ1n) is 11.2. The van der Waals surface area contributed by atoms with E-state index in [0.717, 1.165) is 25.1 Å². The van der Waals surface area contributed by atoms with Crippen LogP contribution in [0.2, 0.25) is 0 Å². The van der Waals surface area contributed by atoms with Gasteiger partial charge in [-0.2, -0.15) is 0 Å². The Morgan fingerprint density at radius 2 is 1.66 bits per heavy atom. The summed E-state index contributed by atoms with van der Waals surface area (Å²) in [5.74, 6) is 0.501. The Morgan fingerprint density at radius 1 is 1.00 bits per heavy atom. The van der Waals surface area contributed by atoms with E-state index >= 15 is 0 Å². The number of nitrogens with one attached hydrogen (secondary N) is 3. The quantitative estimate of drug-likeness (QED) is 0.705. The summed E-state index contributed by atoms with van der Waals surface area (Å²) in [5, 5.41) is 6.27. The maximum atomic E-state index is 12.6. The van der Waals surface area contributed by atoms with Crippen LogP contribution in [-0.4, -0.2) is 24.2 Å². The fourth-order valence-corrected chi connectivity index (χ4v) is 5.18. The van der Waals surface area contributed by atoms with Crippen molar-refractivity contribution in [1.82, 2.24) is 5.32 Å². The third kappa shape index (κ3) is 4.99. The number of hydrogen-bond donors (Lipinski definition) is 3. The molecule has 154 valence electrons. The molecule has 2 heterocycles. The number of benzene rings is 2. The van der Waals surface area contributed by atoms with Gasteiger partial charge in [-0.05, 0) is 42.9 Å². The van der Waals surface area contributed by atoms with E-state index in [1.807, 2.05) is 12.1 Å². The largest absolute Gasteiger partial charge is 0.335 e. The molecule has 0 spiro atoms. The molecule has 2 aromatic carbocycles. The Bertz CT molecular complexity index is 789. The monoisotopic (exact) mass is 392 g/mol. The highest BCUT2D eigenvalue weighted by Crippen LogP contribution is 2.23. The number of anilines is 1. The maximum absolute atomic E-state index is 12.6. The minimum atomic E-state index is -0.0723. The maximum Gasteiger partial charge on any atom is 0.319 e. The van der Waals surface area contributed by atoms with Crippen molar-refractivity contribution in [2.75, 3.05) is 5.32 Å². The van der Waals surface area contributed by atoms with Crippen molar-refractivity contribution in [3.05, 3.63) is 65.7 Å². The van der Waals surface area contributed by atoms with Crippen LogP contribution in [0.4, 0.5) is 10.5 Å². The first kappa shape index (κ1) is 20.0. The lowest BCUT2D eigenvalue weighted by atomic mass is 9.81. The number of fused-ring (bicyclic) bond motifs is 2. The van der Waals surface area contributed by atoms with Crippen LogP contribution in [0.15, 0.2) is 54.6 Å². The van der Waals surface area contributed by atoms with Crippen LogP contribution in [0, 0.1) is 0 Å². The Kier molecular flexibility index (Phi) is 6.19. The van der Waals surface area contributed by atoms with Gasteiger partial charge in [-0.25, -0.2) is 4.79 Å². The van der Waals surface area contributed by atoms with E-state index in [0.29, 0.717) is 18.0 Å². The van der Waals surface area contributed by atoms with E-state index in [1.54, 1.807) is 4.90 Å². The van der Waals surface area contributed by atoms with Gasteiger partial charge in [0.2, 0.25) is 0 Å². The number of urea groups is 1. The highest BCUT2D eigenvalue weighted by molar-refractivity contribution is 5.89. The molecule has 2 bridgehead atoms. The van der Waals surface area contributed by atoms with Gasteiger partial charge in [-0.1, -0.05) is 56.3 Å². The fourth-order valence-electron chi connectivity index (χ4n) is 5.18. The Balaban J connectivity index is 1.33. The van der Waals surface area contributed by atoms with Crippen molar-refractivity contribution in [2.24, 2.45) is 0 Å². The highest BCUT2D eigenvalue weighted by atomic mass is 16.2. The van der Waals surface area contributed by atoms with Crippen LogP contribution in [0.25, 0.3) is 0 Å². The van der Waals surface area contributed by atoms with Crippen molar-refractivity contribution in [3.8, 4) is 0 Å². The zero-order valence-corrected chi connectivity index (χ0v) is 17.7. The molecule has 2 aliphatic rings. The summed E-state index contributed by atoms with van der Waals surface area (Å²) in [6.07, 6.45) is 6.04. The van der Waals surface area contributed by atoms with Crippen molar-refractivity contribution in [1.29, 1.82) is 0 Å². The summed E-state index contributed by atoms with van der Waals surface area (Å²) in [5.41, 5.74) is 3.57. The molecule has 0 saturated carbocycles. The molecule has 3 N–H and O–H groups in total. The topological polar surface area (TPSA) is 45.6 Å². The third-order valence-corrected chi connectivity index (χ3v) is 6.71. The van der Waals surface area contributed by atoms with Crippen LogP contribution in [0.1, 0.15) is 63.0 Å². The molecule has 0 aliphatic carbocycles. The van der Waals surface area contributed by atoms with Gasteiger partial charge in [0.15, 0.2) is 0 Å². The van der Waals surface area contributed by atoms with Crippen LogP contribution in [-0.2, 0) is 6.54 Å². The van der Waals surface area contributed by atoms with Gasteiger partial charge in [-0.3, -0.25) is 0 Å². The molecule has 4 rings (SSSR count). The first-order valence-corrected chi connectivity index (χ1v) is 11.2. The second-order valence-corrected chi connectivity index (χ2v) is 9.11. The zero-order valence-electron chi connectivity index (χ0n) is 17.7. The van der Waals surface area contributed by atoms with Crippen LogP contribution in [0.5, 0.6) is 0 Å². The predicted octanol–water partition coefficient (Wildman–Crippen LogP) is 4.10. The molecule has 2 fully saturated rings. The van der Waals surface area contributed by atoms with E-state index < -0.39 is 0 Å². The van der Waals surface area contributed by atoms with Crippen LogP contribution in [0.3, 0.4) is 0 Å². The van der Waals surface area contributed by atoms with E-state index in [9.17, 15) is 4.79 Å².